The Balaban J connectivity index is 1.26. The summed E-state index contributed by atoms with van der Waals surface area (Å²) >= 11 is 0. The number of rotatable bonds is 10. The van der Waals surface area contributed by atoms with E-state index in [9.17, 15) is 14.0 Å². The summed E-state index contributed by atoms with van der Waals surface area (Å²) in [5.74, 6) is 0.674. The maximum absolute atomic E-state index is 13.2. The Hall–Kier alpha value is -4.33. The lowest BCUT2D eigenvalue weighted by atomic mass is 10.0. The molecule has 1 fully saturated rings. The van der Waals surface area contributed by atoms with Crippen molar-refractivity contribution in [3.8, 4) is 22.8 Å². The van der Waals surface area contributed by atoms with E-state index in [-0.39, 0.29) is 29.8 Å². The van der Waals surface area contributed by atoms with Gasteiger partial charge < -0.3 is 15.0 Å². The topological polar surface area (TPSA) is 97.0 Å². The Morgan fingerprint density at radius 2 is 1.75 bits per heavy atom. The first-order valence-electron chi connectivity index (χ1n) is 11.8. The van der Waals surface area contributed by atoms with Crippen molar-refractivity contribution >= 4 is 11.7 Å². The minimum Gasteiger partial charge on any atom is -0.457 e. The number of aromatic nitrogens is 3. The van der Waals surface area contributed by atoms with Gasteiger partial charge in [0.15, 0.2) is 5.78 Å². The van der Waals surface area contributed by atoms with Crippen LogP contribution < -0.4 is 10.1 Å². The molecular weight excluding hydrogens is 459 g/mol. The zero-order chi connectivity index (χ0) is 24.9. The molecule has 182 valence electrons. The minimum absolute atomic E-state index is 0.0125. The predicted molar refractivity (Wildman–Crippen MR) is 132 cm³/mol. The van der Waals surface area contributed by atoms with Crippen molar-refractivity contribution in [1.29, 1.82) is 0 Å². The van der Waals surface area contributed by atoms with Gasteiger partial charge in [-0.3, -0.25) is 14.6 Å². The third kappa shape index (κ3) is 6.02. The number of carbonyl (C=O) groups is 2. The third-order valence-corrected chi connectivity index (χ3v) is 5.99. The molecule has 0 saturated heterocycles. The molecular formula is C28H25FN4O3. The van der Waals surface area contributed by atoms with Gasteiger partial charge in [0.1, 0.15) is 17.3 Å². The average molecular weight is 485 g/mol. The lowest BCUT2D eigenvalue weighted by Gasteiger charge is -2.17. The summed E-state index contributed by atoms with van der Waals surface area (Å²) in [6, 6.07) is 18.1. The second-order valence-corrected chi connectivity index (χ2v) is 8.85. The summed E-state index contributed by atoms with van der Waals surface area (Å²) in [6.45, 7) is 0. The first-order chi connectivity index (χ1) is 17.5. The number of nitrogens with zero attached hydrogens (tertiary/aromatic N) is 2. The molecule has 0 aliphatic heterocycles. The van der Waals surface area contributed by atoms with Crippen LogP contribution in [-0.4, -0.2) is 32.7 Å². The average Bonchev–Trinajstić information content (AvgIpc) is 3.62. The third-order valence-electron chi connectivity index (χ3n) is 5.99. The molecule has 1 atom stereocenters. The highest BCUT2D eigenvalue weighted by Gasteiger charge is 2.32. The standard InChI is InChI=1S/C28H25FN4O3/c29-20-8-12-24(13-9-20)36-23-10-6-18(7-11-23)25-3-1-2-21(32-25)15-27(34)26(14-22-16-30-17-31-22)33-28(35)19-4-5-19/h1-3,6-13,16-17,19,26H,4-5,14-15H2,(H,30,31)(H,33,35)/t26-/m0/s1. The van der Waals surface area contributed by atoms with Crippen LogP contribution in [0.2, 0.25) is 0 Å². The number of carbonyl (C=O) groups excluding carboxylic acids is 2. The Morgan fingerprint density at radius 3 is 2.42 bits per heavy atom. The summed E-state index contributed by atoms with van der Waals surface area (Å²) in [4.78, 5) is 37.2. The van der Waals surface area contributed by atoms with Gasteiger partial charge in [-0.25, -0.2) is 9.37 Å². The molecule has 0 unspecified atom stereocenters. The number of imidazole rings is 1. The van der Waals surface area contributed by atoms with Crippen LogP contribution in [0.25, 0.3) is 11.3 Å². The predicted octanol–water partition coefficient (Wildman–Crippen LogP) is 4.65. The van der Waals surface area contributed by atoms with Gasteiger partial charge in [0, 0.05) is 35.5 Å². The number of H-pyrrole nitrogens is 1. The van der Waals surface area contributed by atoms with Crippen molar-refractivity contribution in [3.63, 3.8) is 0 Å². The first kappa shape index (κ1) is 23.4. The zero-order valence-corrected chi connectivity index (χ0v) is 19.5. The summed E-state index contributed by atoms with van der Waals surface area (Å²) in [7, 11) is 0. The number of aromatic amines is 1. The molecule has 0 bridgehead atoms. The van der Waals surface area contributed by atoms with E-state index in [1.54, 1.807) is 24.7 Å². The molecule has 4 aromatic rings. The van der Waals surface area contributed by atoms with Gasteiger partial charge in [-0.15, -0.1) is 0 Å². The number of hydrogen-bond donors (Lipinski definition) is 2. The Morgan fingerprint density at radius 1 is 1.03 bits per heavy atom. The largest absolute Gasteiger partial charge is 0.457 e. The monoisotopic (exact) mass is 484 g/mol. The van der Waals surface area contributed by atoms with E-state index in [4.69, 9.17) is 4.74 Å². The molecule has 36 heavy (non-hydrogen) atoms. The molecule has 5 rings (SSSR count). The molecule has 1 aliphatic rings. The molecule has 1 aliphatic carbocycles. The van der Waals surface area contributed by atoms with Crippen LogP contribution in [0.4, 0.5) is 4.39 Å². The second kappa shape index (κ2) is 10.5. The van der Waals surface area contributed by atoms with Crippen LogP contribution in [0.15, 0.2) is 79.3 Å². The molecule has 1 saturated carbocycles. The van der Waals surface area contributed by atoms with E-state index in [2.05, 4.69) is 20.3 Å². The van der Waals surface area contributed by atoms with Crippen molar-refractivity contribution < 1.29 is 18.7 Å². The second-order valence-electron chi connectivity index (χ2n) is 8.85. The van der Waals surface area contributed by atoms with Crippen molar-refractivity contribution in [3.05, 3.63) is 96.5 Å². The highest BCUT2D eigenvalue weighted by atomic mass is 19.1. The summed E-state index contributed by atoms with van der Waals surface area (Å²) in [6.07, 6.45) is 5.41. The number of ketones is 1. The number of amides is 1. The smallest absolute Gasteiger partial charge is 0.223 e. The van der Waals surface area contributed by atoms with Crippen molar-refractivity contribution in [2.75, 3.05) is 0 Å². The lowest BCUT2D eigenvalue weighted by Crippen LogP contribution is -2.44. The number of nitrogens with one attached hydrogen (secondary N) is 2. The molecule has 2 aromatic heterocycles. The Kier molecular flexibility index (Phi) is 6.84. The van der Waals surface area contributed by atoms with Gasteiger partial charge in [0.05, 0.1) is 24.5 Å². The highest BCUT2D eigenvalue weighted by Crippen LogP contribution is 2.29. The lowest BCUT2D eigenvalue weighted by molar-refractivity contribution is -0.128. The van der Waals surface area contributed by atoms with E-state index in [1.165, 1.54) is 12.1 Å². The molecule has 2 heterocycles. The van der Waals surface area contributed by atoms with Gasteiger partial charge in [0.2, 0.25) is 5.91 Å². The van der Waals surface area contributed by atoms with Gasteiger partial charge in [-0.1, -0.05) is 6.07 Å². The Bertz CT molecular complexity index is 1330. The van der Waals surface area contributed by atoms with Crippen LogP contribution in [0, 0.1) is 11.7 Å². The van der Waals surface area contributed by atoms with Crippen molar-refractivity contribution in [1.82, 2.24) is 20.3 Å². The normalized spacial score (nSPS) is 13.7. The molecule has 1 amide bonds. The molecule has 2 N–H and O–H groups in total. The van der Waals surface area contributed by atoms with Gasteiger partial charge in [0.25, 0.3) is 0 Å². The van der Waals surface area contributed by atoms with E-state index in [0.717, 1.165) is 29.8 Å². The number of hydrogen-bond acceptors (Lipinski definition) is 5. The fourth-order valence-electron chi connectivity index (χ4n) is 3.87. The zero-order valence-electron chi connectivity index (χ0n) is 19.5. The number of pyridine rings is 1. The maximum atomic E-state index is 13.2. The van der Waals surface area contributed by atoms with Crippen LogP contribution in [0.1, 0.15) is 24.2 Å². The fraction of sp³-hybridized carbons (Fsp3) is 0.214. The number of benzene rings is 2. The maximum Gasteiger partial charge on any atom is 0.223 e. The molecule has 7 nitrogen and oxygen atoms in total. The summed E-state index contributed by atoms with van der Waals surface area (Å²) < 4.78 is 18.8. The summed E-state index contributed by atoms with van der Waals surface area (Å²) in [5.41, 5.74) is 3.00. The van der Waals surface area contributed by atoms with Crippen LogP contribution >= 0.6 is 0 Å². The fourth-order valence-corrected chi connectivity index (χ4v) is 3.87. The van der Waals surface area contributed by atoms with Gasteiger partial charge >= 0.3 is 0 Å². The van der Waals surface area contributed by atoms with E-state index in [0.29, 0.717) is 23.6 Å². The van der Waals surface area contributed by atoms with Crippen molar-refractivity contribution in [2.45, 2.75) is 31.7 Å². The van der Waals surface area contributed by atoms with Crippen LogP contribution in [0.3, 0.4) is 0 Å². The number of Topliss-reactive ketones (excluding diaryl/α,β-unsaturated/α-hetero) is 1. The first-order valence-corrected chi connectivity index (χ1v) is 11.8. The molecule has 0 radical (unpaired) electrons. The minimum atomic E-state index is -0.646. The quantitative estimate of drug-likeness (QED) is 0.342. The Labute approximate surface area is 207 Å². The molecule has 0 spiro atoms. The highest BCUT2D eigenvalue weighted by molar-refractivity contribution is 5.91. The van der Waals surface area contributed by atoms with Crippen molar-refractivity contribution in [2.24, 2.45) is 5.92 Å². The molecule has 8 heteroatoms. The van der Waals surface area contributed by atoms with E-state index in [1.807, 2.05) is 42.5 Å². The van der Waals surface area contributed by atoms with Crippen LogP contribution in [-0.2, 0) is 22.4 Å². The van der Waals surface area contributed by atoms with Gasteiger partial charge in [-0.2, -0.15) is 0 Å². The molecule has 2 aromatic carbocycles. The van der Waals surface area contributed by atoms with Gasteiger partial charge in [-0.05, 0) is 73.5 Å². The van der Waals surface area contributed by atoms with E-state index >= 15 is 0 Å². The van der Waals surface area contributed by atoms with Crippen LogP contribution in [0.5, 0.6) is 11.5 Å². The summed E-state index contributed by atoms with van der Waals surface area (Å²) in [5, 5.41) is 2.91. The van der Waals surface area contributed by atoms with E-state index < -0.39 is 6.04 Å². The number of ether oxygens (including phenoxy) is 1. The SMILES string of the molecule is O=C(N[C@@H](Cc1cnc[nH]1)C(=O)Cc1cccc(-c2ccc(Oc3ccc(F)cc3)cc2)n1)C1CC1. The number of halogens is 1.